The Bertz CT molecular complexity index is 709. The molecule has 2 aromatic rings. The van der Waals surface area contributed by atoms with E-state index in [1.54, 1.807) is 13.0 Å². The molecule has 1 aliphatic rings. The second kappa shape index (κ2) is 6.13. The molecule has 2 aromatic carbocycles. The lowest BCUT2D eigenvalue weighted by molar-refractivity contribution is -0.385. The first-order valence-electron chi connectivity index (χ1n) is 8.10. The van der Waals surface area contributed by atoms with Crippen LogP contribution in [-0.4, -0.2) is 4.92 Å². The summed E-state index contributed by atoms with van der Waals surface area (Å²) in [5.74, 6) is 0. The Morgan fingerprint density at radius 1 is 1.17 bits per heavy atom. The van der Waals surface area contributed by atoms with Crippen LogP contribution < -0.4 is 5.32 Å². The van der Waals surface area contributed by atoms with E-state index >= 15 is 0 Å². The smallest absolute Gasteiger partial charge is 0.272 e. The molecule has 0 aliphatic heterocycles. The van der Waals surface area contributed by atoms with Crippen molar-refractivity contribution in [3.8, 4) is 0 Å². The van der Waals surface area contributed by atoms with Crippen LogP contribution in [0.3, 0.4) is 0 Å². The van der Waals surface area contributed by atoms with Gasteiger partial charge in [0.1, 0.15) is 0 Å². The molecule has 0 spiro atoms. The molecule has 0 bridgehead atoms. The van der Waals surface area contributed by atoms with Gasteiger partial charge in [0.15, 0.2) is 0 Å². The molecule has 1 fully saturated rings. The first-order valence-corrected chi connectivity index (χ1v) is 8.10. The number of hydrogen-bond acceptors (Lipinski definition) is 3. The third kappa shape index (κ3) is 2.99. The minimum atomic E-state index is -0.304. The van der Waals surface area contributed by atoms with Crippen LogP contribution in [0, 0.1) is 17.0 Å². The van der Waals surface area contributed by atoms with Gasteiger partial charge in [-0.15, -0.1) is 0 Å². The Hall–Kier alpha value is -2.20. The second-order valence-electron chi connectivity index (χ2n) is 6.47. The summed E-state index contributed by atoms with van der Waals surface area (Å²) < 4.78 is 0. The zero-order valence-electron chi connectivity index (χ0n) is 13.6. The molecule has 1 saturated carbocycles. The van der Waals surface area contributed by atoms with Crippen LogP contribution in [0.5, 0.6) is 0 Å². The summed E-state index contributed by atoms with van der Waals surface area (Å²) in [4.78, 5) is 10.9. The van der Waals surface area contributed by atoms with E-state index in [-0.39, 0.29) is 22.2 Å². The number of hydrogen-bond donors (Lipinski definition) is 1. The van der Waals surface area contributed by atoms with Gasteiger partial charge in [-0.2, -0.15) is 0 Å². The number of nitrogens with one attached hydrogen (secondary N) is 1. The summed E-state index contributed by atoms with van der Waals surface area (Å²) in [6.45, 7) is 3.86. The van der Waals surface area contributed by atoms with Gasteiger partial charge in [0.2, 0.25) is 0 Å². The highest BCUT2D eigenvalue weighted by Gasteiger charge is 2.39. The molecule has 1 aliphatic carbocycles. The zero-order valence-corrected chi connectivity index (χ0v) is 13.6. The molecule has 120 valence electrons. The largest absolute Gasteiger partial charge is 0.301 e. The molecule has 1 unspecified atom stereocenters. The summed E-state index contributed by atoms with van der Waals surface area (Å²) in [6.07, 6.45) is 3.42. The molecule has 1 atom stereocenters. The van der Waals surface area contributed by atoms with Crippen molar-refractivity contribution in [1.82, 2.24) is 5.32 Å². The Morgan fingerprint density at radius 3 is 2.43 bits per heavy atom. The van der Waals surface area contributed by atoms with Gasteiger partial charge in [-0.1, -0.05) is 42.5 Å². The van der Waals surface area contributed by atoms with Gasteiger partial charge in [0.05, 0.1) is 4.92 Å². The highest BCUT2D eigenvalue weighted by Crippen LogP contribution is 2.43. The Labute approximate surface area is 136 Å². The maximum atomic E-state index is 11.2. The van der Waals surface area contributed by atoms with E-state index in [0.717, 1.165) is 18.4 Å². The van der Waals surface area contributed by atoms with Crippen molar-refractivity contribution in [2.45, 2.75) is 44.7 Å². The number of nitrogens with zero attached hydrogens (tertiary/aromatic N) is 1. The van der Waals surface area contributed by atoms with Crippen molar-refractivity contribution in [3.05, 3.63) is 75.3 Å². The minimum Gasteiger partial charge on any atom is -0.301 e. The number of benzene rings is 2. The van der Waals surface area contributed by atoms with Gasteiger partial charge in [-0.05, 0) is 44.2 Å². The molecule has 0 aromatic heterocycles. The molecule has 4 heteroatoms. The standard InChI is InChI=1S/C19H22N2O2/c1-14-9-10-16(13-18(14)21(22)23)15(2)20-19(11-6-12-19)17-7-4-3-5-8-17/h3-5,7-10,13,15,20H,6,11-12H2,1-2H3. The van der Waals surface area contributed by atoms with Gasteiger partial charge < -0.3 is 5.32 Å². The monoisotopic (exact) mass is 310 g/mol. The third-order valence-corrected chi connectivity index (χ3v) is 4.96. The van der Waals surface area contributed by atoms with Crippen LogP contribution in [0.25, 0.3) is 0 Å². The normalized spacial score (nSPS) is 17.3. The maximum absolute atomic E-state index is 11.2. The Kier molecular flexibility index (Phi) is 4.18. The summed E-state index contributed by atoms with van der Waals surface area (Å²) in [7, 11) is 0. The SMILES string of the molecule is Cc1ccc(C(C)NC2(c3ccccc3)CCC2)cc1[N+](=O)[O-]. The average molecular weight is 310 g/mol. The van der Waals surface area contributed by atoms with Gasteiger partial charge >= 0.3 is 0 Å². The molecule has 23 heavy (non-hydrogen) atoms. The van der Waals surface area contributed by atoms with Crippen LogP contribution in [0.2, 0.25) is 0 Å². The summed E-state index contributed by atoms with van der Waals surface area (Å²) in [6, 6.07) is 16.1. The van der Waals surface area contributed by atoms with Crippen molar-refractivity contribution >= 4 is 5.69 Å². The Morgan fingerprint density at radius 2 is 1.87 bits per heavy atom. The first kappa shape index (κ1) is 15.7. The third-order valence-electron chi connectivity index (χ3n) is 4.96. The minimum absolute atomic E-state index is 0.000340. The number of nitro groups is 1. The lowest BCUT2D eigenvalue weighted by atomic mass is 9.71. The zero-order chi connectivity index (χ0) is 16.4. The average Bonchev–Trinajstić information content (AvgIpc) is 2.51. The van der Waals surface area contributed by atoms with Gasteiger partial charge in [-0.3, -0.25) is 10.1 Å². The van der Waals surface area contributed by atoms with E-state index in [1.165, 1.54) is 12.0 Å². The highest BCUT2D eigenvalue weighted by molar-refractivity contribution is 5.43. The summed E-state index contributed by atoms with van der Waals surface area (Å²) in [5, 5.41) is 14.9. The van der Waals surface area contributed by atoms with Crippen LogP contribution in [0.15, 0.2) is 48.5 Å². The molecular formula is C19H22N2O2. The fraction of sp³-hybridized carbons (Fsp3) is 0.368. The van der Waals surface area contributed by atoms with E-state index in [0.29, 0.717) is 5.56 Å². The molecule has 0 radical (unpaired) electrons. The summed E-state index contributed by atoms with van der Waals surface area (Å²) in [5.41, 5.74) is 3.16. The number of rotatable bonds is 5. The molecule has 0 heterocycles. The van der Waals surface area contributed by atoms with Gasteiger partial charge in [0, 0.05) is 23.2 Å². The predicted molar refractivity (Wildman–Crippen MR) is 91.4 cm³/mol. The van der Waals surface area contributed by atoms with Gasteiger partial charge in [0.25, 0.3) is 5.69 Å². The van der Waals surface area contributed by atoms with Crippen LogP contribution in [0.4, 0.5) is 5.69 Å². The van der Waals surface area contributed by atoms with E-state index < -0.39 is 0 Å². The lowest BCUT2D eigenvalue weighted by Gasteiger charge is -2.45. The van der Waals surface area contributed by atoms with Gasteiger partial charge in [-0.25, -0.2) is 0 Å². The first-order chi connectivity index (χ1) is 11.0. The van der Waals surface area contributed by atoms with Crippen molar-refractivity contribution in [2.24, 2.45) is 0 Å². The maximum Gasteiger partial charge on any atom is 0.272 e. The molecule has 1 N–H and O–H groups in total. The number of aryl methyl sites for hydroxylation is 1. The molecule has 4 nitrogen and oxygen atoms in total. The predicted octanol–water partition coefficient (Wildman–Crippen LogP) is 4.63. The van der Waals surface area contributed by atoms with Crippen LogP contribution in [0.1, 0.15) is 48.9 Å². The Balaban J connectivity index is 1.85. The second-order valence-corrected chi connectivity index (χ2v) is 6.47. The van der Waals surface area contributed by atoms with Crippen molar-refractivity contribution in [2.75, 3.05) is 0 Å². The van der Waals surface area contributed by atoms with E-state index in [9.17, 15) is 10.1 Å². The highest BCUT2D eigenvalue weighted by atomic mass is 16.6. The van der Waals surface area contributed by atoms with Crippen molar-refractivity contribution in [1.29, 1.82) is 0 Å². The molecular weight excluding hydrogens is 288 g/mol. The van der Waals surface area contributed by atoms with Crippen molar-refractivity contribution < 1.29 is 4.92 Å². The topological polar surface area (TPSA) is 55.2 Å². The van der Waals surface area contributed by atoms with Crippen molar-refractivity contribution in [3.63, 3.8) is 0 Å². The quantitative estimate of drug-likeness (QED) is 0.647. The molecule has 3 rings (SSSR count). The van der Waals surface area contributed by atoms with E-state index in [1.807, 2.05) is 18.2 Å². The fourth-order valence-electron chi connectivity index (χ4n) is 3.39. The van der Waals surface area contributed by atoms with Crippen LogP contribution in [-0.2, 0) is 5.54 Å². The van der Waals surface area contributed by atoms with E-state index in [4.69, 9.17) is 0 Å². The molecule has 0 saturated heterocycles. The van der Waals surface area contributed by atoms with Crippen LogP contribution >= 0.6 is 0 Å². The molecule has 0 amide bonds. The van der Waals surface area contributed by atoms with E-state index in [2.05, 4.69) is 36.5 Å². The number of nitro benzene ring substituents is 1. The summed E-state index contributed by atoms with van der Waals surface area (Å²) >= 11 is 0. The lowest BCUT2D eigenvalue weighted by Crippen LogP contribution is -2.49. The fourth-order valence-corrected chi connectivity index (χ4v) is 3.39.